The van der Waals surface area contributed by atoms with E-state index in [4.69, 9.17) is 4.74 Å². The maximum absolute atomic E-state index is 12.3. The summed E-state index contributed by atoms with van der Waals surface area (Å²) in [6, 6.07) is 4.04. The van der Waals surface area contributed by atoms with Crippen molar-refractivity contribution in [2.45, 2.75) is 12.8 Å². The Hall–Kier alpha value is -2.07. The molecule has 1 atom stereocenters. The first kappa shape index (κ1) is 16.8. The van der Waals surface area contributed by atoms with Crippen LogP contribution in [0.4, 0.5) is 13.2 Å². The number of hydrogen-bond donors (Lipinski definition) is 1. The van der Waals surface area contributed by atoms with Crippen LogP contribution in [0.25, 0.3) is 10.2 Å². The Morgan fingerprint density at radius 3 is 2.96 bits per heavy atom. The molecule has 1 unspecified atom stereocenters. The van der Waals surface area contributed by atoms with Crippen LogP contribution >= 0.6 is 11.3 Å². The molecule has 2 heterocycles. The molecule has 130 valence electrons. The van der Waals surface area contributed by atoms with Crippen molar-refractivity contribution in [3.05, 3.63) is 23.0 Å². The van der Waals surface area contributed by atoms with E-state index < -0.39 is 6.36 Å². The molecule has 1 aliphatic heterocycles. The van der Waals surface area contributed by atoms with Crippen molar-refractivity contribution in [1.29, 1.82) is 0 Å². The van der Waals surface area contributed by atoms with Crippen LogP contribution in [0.15, 0.2) is 23.3 Å². The van der Waals surface area contributed by atoms with Gasteiger partial charge in [0.25, 0.3) is 0 Å². The number of halogens is 3. The van der Waals surface area contributed by atoms with Crippen molar-refractivity contribution in [1.82, 2.24) is 9.99 Å². The maximum Gasteiger partial charge on any atom is 0.573 e. The van der Waals surface area contributed by atoms with Gasteiger partial charge in [0, 0.05) is 13.7 Å². The van der Waals surface area contributed by atoms with Gasteiger partial charge < -0.3 is 14.0 Å². The van der Waals surface area contributed by atoms with Crippen molar-refractivity contribution >= 4 is 27.5 Å². The number of thiazole rings is 1. The number of carbonyl (C=O) groups excluding carboxylic acids is 1. The fourth-order valence-corrected chi connectivity index (χ4v) is 3.36. The third-order valence-electron chi connectivity index (χ3n) is 3.58. The van der Waals surface area contributed by atoms with Crippen molar-refractivity contribution < 1.29 is 27.4 Å². The van der Waals surface area contributed by atoms with Crippen LogP contribution in [0.3, 0.4) is 0 Å². The van der Waals surface area contributed by atoms with E-state index in [1.807, 2.05) is 0 Å². The third kappa shape index (κ3) is 3.70. The Balaban J connectivity index is 1.84. The molecule has 0 saturated carbocycles. The van der Waals surface area contributed by atoms with E-state index >= 15 is 0 Å². The Morgan fingerprint density at radius 2 is 2.29 bits per heavy atom. The lowest BCUT2D eigenvalue weighted by atomic mass is 10.1. The van der Waals surface area contributed by atoms with Crippen LogP contribution in [0.5, 0.6) is 5.75 Å². The molecule has 3 rings (SSSR count). The van der Waals surface area contributed by atoms with E-state index in [2.05, 4.69) is 15.3 Å². The molecule has 1 amide bonds. The van der Waals surface area contributed by atoms with E-state index in [-0.39, 0.29) is 17.6 Å². The Morgan fingerprint density at radius 1 is 1.50 bits per heavy atom. The second-order valence-corrected chi connectivity index (χ2v) is 6.28. The number of ether oxygens (including phenoxy) is 2. The highest BCUT2D eigenvalue weighted by Crippen LogP contribution is 2.27. The van der Waals surface area contributed by atoms with Gasteiger partial charge in [-0.3, -0.25) is 4.79 Å². The zero-order valence-electron chi connectivity index (χ0n) is 12.6. The second kappa shape index (κ2) is 6.44. The van der Waals surface area contributed by atoms with Crippen LogP contribution < -0.4 is 15.0 Å². The van der Waals surface area contributed by atoms with E-state index in [0.717, 1.165) is 11.3 Å². The summed E-state index contributed by atoms with van der Waals surface area (Å²) in [5.41, 5.74) is 3.17. The molecular formula is C14H14F3N3O3S. The summed E-state index contributed by atoms with van der Waals surface area (Å²) in [6.07, 6.45) is -4.09. The zero-order chi connectivity index (χ0) is 17.3. The molecule has 1 N–H and O–H groups in total. The number of carbonyl (C=O) groups is 1. The Kier molecular flexibility index (Phi) is 4.50. The second-order valence-electron chi connectivity index (χ2n) is 5.27. The average Bonchev–Trinajstić information content (AvgIpc) is 3.12. The van der Waals surface area contributed by atoms with Crippen LogP contribution in [0, 0.1) is 5.92 Å². The van der Waals surface area contributed by atoms with Crippen LogP contribution in [0.1, 0.15) is 6.42 Å². The summed E-state index contributed by atoms with van der Waals surface area (Å²) < 4.78 is 48.2. The van der Waals surface area contributed by atoms with Gasteiger partial charge in [0.1, 0.15) is 5.75 Å². The van der Waals surface area contributed by atoms with E-state index in [0.29, 0.717) is 34.7 Å². The number of fused-ring (bicyclic) bond motifs is 1. The summed E-state index contributed by atoms with van der Waals surface area (Å²) in [5.74, 6) is -0.748. The Bertz CT molecular complexity index is 822. The van der Waals surface area contributed by atoms with Gasteiger partial charge in [-0.25, -0.2) is 5.43 Å². The number of nitrogens with one attached hydrogen (secondary N) is 1. The number of amides is 1. The minimum Gasteiger partial charge on any atom is -0.406 e. The summed E-state index contributed by atoms with van der Waals surface area (Å²) >= 11 is 1.15. The number of hydrogen-bond acceptors (Lipinski definition) is 5. The SMILES string of the molecule is Cn1/c(=N/NC(=O)C2CCOC2)sc2cc(OC(F)(F)F)ccc21. The maximum atomic E-state index is 12.3. The van der Waals surface area contributed by atoms with Gasteiger partial charge in [-0.15, -0.1) is 18.3 Å². The molecule has 1 aromatic carbocycles. The minimum atomic E-state index is -4.74. The molecule has 10 heteroatoms. The molecule has 1 saturated heterocycles. The largest absolute Gasteiger partial charge is 0.573 e. The molecule has 0 spiro atoms. The molecule has 1 aliphatic rings. The summed E-state index contributed by atoms with van der Waals surface area (Å²) in [7, 11) is 1.72. The highest BCUT2D eigenvalue weighted by Gasteiger charge is 2.31. The van der Waals surface area contributed by atoms with E-state index in [1.54, 1.807) is 11.6 Å². The fraction of sp³-hybridized carbons (Fsp3) is 0.429. The van der Waals surface area contributed by atoms with Gasteiger partial charge in [0.05, 0.1) is 22.7 Å². The fourth-order valence-electron chi connectivity index (χ4n) is 2.35. The first-order valence-corrected chi connectivity index (χ1v) is 7.92. The predicted octanol–water partition coefficient (Wildman–Crippen LogP) is 2.11. The lowest BCUT2D eigenvalue weighted by Crippen LogP contribution is -2.29. The average molecular weight is 361 g/mol. The lowest BCUT2D eigenvalue weighted by Gasteiger charge is -2.08. The molecular weight excluding hydrogens is 347 g/mol. The highest BCUT2D eigenvalue weighted by molar-refractivity contribution is 7.16. The van der Waals surface area contributed by atoms with Crippen LogP contribution in [0.2, 0.25) is 0 Å². The molecule has 2 aromatic rings. The topological polar surface area (TPSA) is 64.9 Å². The molecule has 0 bridgehead atoms. The minimum absolute atomic E-state index is 0.222. The van der Waals surface area contributed by atoms with Crippen molar-refractivity contribution in [3.63, 3.8) is 0 Å². The normalized spacial score (nSPS) is 19.0. The van der Waals surface area contributed by atoms with E-state index in [1.165, 1.54) is 18.2 Å². The quantitative estimate of drug-likeness (QED) is 0.852. The Labute approximate surface area is 138 Å². The number of benzene rings is 1. The third-order valence-corrected chi connectivity index (χ3v) is 4.67. The van der Waals surface area contributed by atoms with Gasteiger partial charge in [-0.2, -0.15) is 0 Å². The number of nitrogens with zero attached hydrogens (tertiary/aromatic N) is 2. The summed E-state index contributed by atoms with van der Waals surface area (Å²) in [6.45, 7) is 0.925. The predicted molar refractivity (Wildman–Crippen MR) is 80.1 cm³/mol. The van der Waals surface area contributed by atoms with Gasteiger partial charge in [-0.05, 0) is 24.6 Å². The number of aromatic nitrogens is 1. The van der Waals surface area contributed by atoms with Crippen molar-refractivity contribution in [3.8, 4) is 5.75 Å². The van der Waals surface area contributed by atoms with Crippen LogP contribution in [-0.4, -0.2) is 30.1 Å². The van der Waals surface area contributed by atoms with Gasteiger partial charge in [-0.1, -0.05) is 11.3 Å². The number of aryl methyl sites for hydroxylation is 1. The molecule has 1 fully saturated rings. The van der Waals surface area contributed by atoms with Gasteiger partial charge >= 0.3 is 6.36 Å². The van der Waals surface area contributed by atoms with Gasteiger partial charge in [0.2, 0.25) is 10.7 Å². The molecule has 6 nitrogen and oxygen atoms in total. The van der Waals surface area contributed by atoms with E-state index in [9.17, 15) is 18.0 Å². The lowest BCUT2D eigenvalue weighted by molar-refractivity contribution is -0.274. The first-order chi connectivity index (χ1) is 11.3. The van der Waals surface area contributed by atoms with Gasteiger partial charge in [0.15, 0.2) is 0 Å². The summed E-state index contributed by atoms with van der Waals surface area (Å²) in [4.78, 5) is 12.4. The monoisotopic (exact) mass is 361 g/mol. The number of alkyl halides is 3. The highest BCUT2D eigenvalue weighted by atomic mass is 32.1. The number of rotatable bonds is 3. The smallest absolute Gasteiger partial charge is 0.406 e. The zero-order valence-corrected chi connectivity index (χ0v) is 13.4. The van der Waals surface area contributed by atoms with Crippen molar-refractivity contribution in [2.24, 2.45) is 18.1 Å². The molecule has 0 radical (unpaired) electrons. The first-order valence-electron chi connectivity index (χ1n) is 7.10. The summed E-state index contributed by atoms with van der Waals surface area (Å²) in [5, 5.41) is 4.06. The standard InChI is InChI=1S/C14H14F3N3O3S/c1-20-10-3-2-9(23-14(15,16)17)6-11(10)24-13(20)19-18-12(21)8-4-5-22-7-8/h2-3,6,8H,4-5,7H2,1H3,(H,18,21)/b19-13-. The molecule has 1 aromatic heterocycles. The van der Waals surface area contributed by atoms with Crippen LogP contribution in [-0.2, 0) is 16.6 Å². The molecule has 0 aliphatic carbocycles. The van der Waals surface area contributed by atoms with Crippen molar-refractivity contribution in [2.75, 3.05) is 13.2 Å². The molecule has 24 heavy (non-hydrogen) atoms.